The summed E-state index contributed by atoms with van der Waals surface area (Å²) in [7, 11) is 2.08. The normalized spacial score (nSPS) is 15.4. The highest BCUT2D eigenvalue weighted by Gasteiger charge is 2.23. The Balaban J connectivity index is 1.87. The van der Waals surface area contributed by atoms with Crippen molar-refractivity contribution in [3.05, 3.63) is 29.8 Å². The first-order valence-corrected chi connectivity index (χ1v) is 8.66. The van der Waals surface area contributed by atoms with Gasteiger partial charge in [0.2, 0.25) is 11.8 Å². The number of hydrogen-bond donors (Lipinski definition) is 2. The molecule has 0 atom stereocenters. The molecule has 0 unspecified atom stereocenters. The molecule has 23 heavy (non-hydrogen) atoms. The van der Waals surface area contributed by atoms with E-state index in [4.69, 9.17) is 0 Å². The molecular formula is C17H20BrN3O2. The Kier molecular flexibility index (Phi) is 6.63. The fourth-order valence-electron chi connectivity index (χ4n) is 2.36. The van der Waals surface area contributed by atoms with Gasteiger partial charge < -0.3 is 10.2 Å². The molecule has 1 saturated heterocycles. The van der Waals surface area contributed by atoms with E-state index in [2.05, 4.69) is 50.5 Å². The molecule has 2 rings (SSSR count). The highest BCUT2D eigenvalue weighted by Crippen LogP contribution is 2.18. The number of amides is 2. The minimum atomic E-state index is -0.181. The molecule has 0 spiro atoms. The van der Waals surface area contributed by atoms with Gasteiger partial charge in [0.1, 0.15) is 0 Å². The molecule has 1 fully saturated rings. The summed E-state index contributed by atoms with van der Waals surface area (Å²) in [6.45, 7) is 1.93. The summed E-state index contributed by atoms with van der Waals surface area (Å²) in [4.78, 5) is 25.5. The van der Waals surface area contributed by atoms with Crippen molar-refractivity contribution >= 4 is 33.4 Å². The van der Waals surface area contributed by atoms with Crippen molar-refractivity contribution in [2.45, 2.75) is 12.8 Å². The highest BCUT2D eigenvalue weighted by atomic mass is 79.9. The molecule has 1 aromatic rings. The van der Waals surface area contributed by atoms with Crippen LogP contribution in [-0.2, 0) is 9.59 Å². The number of likely N-dealkylation sites (tertiary alicyclic amines) is 1. The van der Waals surface area contributed by atoms with Crippen molar-refractivity contribution in [2.75, 3.05) is 30.8 Å². The van der Waals surface area contributed by atoms with Gasteiger partial charge in [0, 0.05) is 23.2 Å². The Morgan fingerprint density at radius 1 is 1.26 bits per heavy atom. The summed E-state index contributed by atoms with van der Waals surface area (Å²) in [5.74, 6) is 2.83. The van der Waals surface area contributed by atoms with Gasteiger partial charge >= 0.3 is 0 Å². The van der Waals surface area contributed by atoms with E-state index < -0.39 is 0 Å². The average molecular weight is 378 g/mol. The van der Waals surface area contributed by atoms with Crippen molar-refractivity contribution in [3.63, 3.8) is 0 Å². The maximum atomic E-state index is 12.2. The van der Waals surface area contributed by atoms with Crippen LogP contribution in [0.3, 0.4) is 0 Å². The lowest BCUT2D eigenvalue weighted by molar-refractivity contribution is -0.121. The number of alkyl halides is 1. The standard InChI is InChI=1S/C17H20BrN3O2/c1-21-10-7-14(8-11-21)17(23)20-15-4-2-13(3-5-15)6-9-19-16(22)12-18/h2-5,14H,7-8,10-12H2,1H3,(H,19,22)(H,20,23). The molecule has 0 radical (unpaired) electrons. The summed E-state index contributed by atoms with van der Waals surface area (Å²) in [6.07, 6.45) is 1.80. The summed E-state index contributed by atoms with van der Waals surface area (Å²) in [5.41, 5.74) is 1.54. The van der Waals surface area contributed by atoms with Gasteiger partial charge in [0.25, 0.3) is 0 Å². The molecule has 0 bridgehead atoms. The molecule has 0 saturated carbocycles. The zero-order valence-electron chi connectivity index (χ0n) is 13.1. The van der Waals surface area contributed by atoms with Crippen molar-refractivity contribution in [2.24, 2.45) is 5.92 Å². The largest absolute Gasteiger partial charge is 0.326 e. The summed E-state index contributed by atoms with van der Waals surface area (Å²) in [5, 5.41) is 5.63. The minimum absolute atomic E-state index is 0.0847. The van der Waals surface area contributed by atoms with Crippen LogP contribution < -0.4 is 10.6 Å². The Labute approximate surface area is 144 Å². The number of rotatable bonds is 3. The second-order valence-corrected chi connectivity index (χ2v) is 6.14. The molecule has 1 heterocycles. The molecule has 1 aromatic carbocycles. The Bertz CT molecular complexity index is 611. The smallest absolute Gasteiger partial charge is 0.242 e. The number of carbonyl (C=O) groups is 2. The van der Waals surface area contributed by atoms with Gasteiger partial charge in [-0.15, -0.1) is 0 Å². The van der Waals surface area contributed by atoms with Crippen LogP contribution in [0.4, 0.5) is 5.69 Å². The molecule has 5 nitrogen and oxygen atoms in total. The second kappa shape index (κ2) is 8.70. The number of carbonyl (C=O) groups excluding carboxylic acids is 2. The van der Waals surface area contributed by atoms with Gasteiger partial charge in [-0.2, -0.15) is 0 Å². The third-order valence-electron chi connectivity index (χ3n) is 3.77. The molecule has 1 aliphatic rings. The van der Waals surface area contributed by atoms with E-state index in [1.165, 1.54) is 0 Å². The highest BCUT2D eigenvalue weighted by molar-refractivity contribution is 9.09. The predicted molar refractivity (Wildman–Crippen MR) is 94.1 cm³/mol. The van der Waals surface area contributed by atoms with E-state index >= 15 is 0 Å². The van der Waals surface area contributed by atoms with Gasteiger partial charge in [0.05, 0.1) is 5.33 Å². The average Bonchev–Trinajstić information content (AvgIpc) is 2.56. The molecule has 122 valence electrons. The zero-order valence-corrected chi connectivity index (χ0v) is 14.6. The SMILES string of the molecule is CN1CCC(C(=O)Nc2ccc(C#CNC(=O)CBr)cc2)CC1. The van der Waals surface area contributed by atoms with Crippen LogP contribution in [-0.4, -0.2) is 42.2 Å². The van der Waals surface area contributed by atoms with Crippen LogP contribution >= 0.6 is 15.9 Å². The van der Waals surface area contributed by atoms with Crippen LogP contribution in [0.2, 0.25) is 0 Å². The topological polar surface area (TPSA) is 61.4 Å². The van der Waals surface area contributed by atoms with E-state index in [9.17, 15) is 9.59 Å². The Morgan fingerprint density at radius 2 is 1.91 bits per heavy atom. The Morgan fingerprint density at radius 3 is 2.52 bits per heavy atom. The molecule has 1 aliphatic heterocycles. The van der Waals surface area contributed by atoms with Crippen molar-refractivity contribution in [1.29, 1.82) is 0 Å². The number of anilines is 1. The van der Waals surface area contributed by atoms with E-state index in [0.717, 1.165) is 37.2 Å². The van der Waals surface area contributed by atoms with Crippen LogP contribution in [0.1, 0.15) is 18.4 Å². The molecular weight excluding hydrogens is 358 g/mol. The molecule has 0 aromatic heterocycles. The molecule has 0 aliphatic carbocycles. The fraction of sp³-hybridized carbons (Fsp3) is 0.412. The zero-order chi connectivity index (χ0) is 16.7. The van der Waals surface area contributed by atoms with Gasteiger partial charge in [-0.3, -0.25) is 14.9 Å². The van der Waals surface area contributed by atoms with E-state index in [-0.39, 0.29) is 23.1 Å². The number of nitrogens with one attached hydrogen (secondary N) is 2. The van der Waals surface area contributed by atoms with Gasteiger partial charge in [0.15, 0.2) is 0 Å². The lowest BCUT2D eigenvalue weighted by atomic mass is 9.96. The van der Waals surface area contributed by atoms with Crippen LogP contribution in [0.25, 0.3) is 0 Å². The first kappa shape index (κ1) is 17.5. The van der Waals surface area contributed by atoms with Gasteiger partial charge in [-0.25, -0.2) is 0 Å². The number of hydrogen-bond acceptors (Lipinski definition) is 3. The summed E-state index contributed by atoms with van der Waals surface area (Å²) < 4.78 is 0. The lowest BCUT2D eigenvalue weighted by Gasteiger charge is -2.28. The minimum Gasteiger partial charge on any atom is -0.326 e. The maximum absolute atomic E-state index is 12.2. The van der Waals surface area contributed by atoms with E-state index in [1.807, 2.05) is 24.3 Å². The van der Waals surface area contributed by atoms with Crippen molar-refractivity contribution < 1.29 is 9.59 Å². The monoisotopic (exact) mass is 377 g/mol. The van der Waals surface area contributed by atoms with Crippen molar-refractivity contribution in [3.8, 4) is 12.0 Å². The summed E-state index contributed by atoms with van der Waals surface area (Å²) in [6, 6.07) is 9.88. The van der Waals surface area contributed by atoms with Crippen molar-refractivity contribution in [1.82, 2.24) is 10.2 Å². The van der Waals surface area contributed by atoms with E-state index in [0.29, 0.717) is 0 Å². The van der Waals surface area contributed by atoms with Gasteiger partial charge in [-0.05, 0) is 63.2 Å². The number of benzene rings is 1. The van der Waals surface area contributed by atoms with Gasteiger partial charge in [-0.1, -0.05) is 15.9 Å². The second-order valence-electron chi connectivity index (χ2n) is 5.58. The molecule has 2 amide bonds. The number of nitrogens with zero attached hydrogens (tertiary/aromatic N) is 1. The molecule has 6 heteroatoms. The first-order chi connectivity index (χ1) is 11.1. The maximum Gasteiger partial charge on any atom is 0.242 e. The number of halogens is 1. The van der Waals surface area contributed by atoms with Crippen LogP contribution in [0, 0.1) is 17.9 Å². The Hall–Kier alpha value is -1.84. The third-order valence-corrected chi connectivity index (χ3v) is 4.28. The predicted octanol–water partition coefficient (Wildman–Crippen LogP) is 1.79. The van der Waals surface area contributed by atoms with Crippen LogP contribution in [0.5, 0.6) is 0 Å². The summed E-state index contributed by atoms with van der Waals surface area (Å²) >= 11 is 3.05. The first-order valence-electron chi connectivity index (χ1n) is 7.54. The fourth-order valence-corrected chi connectivity index (χ4v) is 2.50. The third kappa shape index (κ3) is 5.70. The van der Waals surface area contributed by atoms with Crippen LogP contribution in [0.15, 0.2) is 24.3 Å². The van der Waals surface area contributed by atoms with E-state index in [1.54, 1.807) is 0 Å². The lowest BCUT2D eigenvalue weighted by Crippen LogP contribution is -2.35. The number of piperidine rings is 1. The molecule has 2 N–H and O–H groups in total. The quantitative estimate of drug-likeness (QED) is 0.479.